The number of aliphatic hydroxyl groups excluding tert-OH is 2. The molecule has 4 aliphatic rings. The summed E-state index contributed by atoms with van der Waals surface area (Å²) in [7, 11) is 0. The molecule has 0 heterocycles. The molecule has 0 saturated heterocycles. The average Bonchev–Trinajstić information content (AvgIpc) is 2.13. The fourth-order valence-corrected chi connectivity index (χ4v) is 5.68. The van der Waals surface area contributed by atoms with Crippen molar-refractivity contribution < 1.29 is 10.2 Å². The lowest BCUT2D eigenvalue weighted by Crippen LogP contribution is -2.65. The van der Waals surface area contributed by atoms with Crippen LogP contribution in [0.4, 0.5) is 0 Å². The maximum atomic E-state index is 10.3. The Labute approximate surface area is 98.2 Å². The van der Waals surface area contributed by atoms with Crippen LogP contribution in [0.1, 0.15) is 26.2 Å². The summed E-state index contributed by atoms with van der Waals surface area (Å²) in [5, 5.41) is 20.4. The smallest absolute Gasteiger partial charge is 0.0716 e. The Morgan fingerprint density at radius 3 is 2.64 bits per heavy atom. The van der Waals surface area contributed by atoms with Crippen LogP contribution in [0, 0.1) is 23.7 Å². The Balaban J connectivity index is 2.00. The Kier molecular flexibility index (Phi) is 2.01. The lowest BCUT2D eigenvalue weighted by Gasteiger charge is -2.62. The monoisotopic (exact) mass is 308 g/mol. The van der Waals surface area contributed by atoms with Gasteiger partial charge in [0.2, 0.25) is 0 Å². The fraction of sp³-hybridized carbons (Fsp3) is 1.00. The van der Waals surface area contributed by atoms with E-state index >= 15 is 0 Å². The van der Waals surface area contributed by atoms with Crippen LogP contribution >= 0.6 is 22.6 Å². The van der Waals surface area contributed by atoms with Crippen LogP contribution in [0.5, 0.6) is 0 Å². The third-order valence-corrected chi connectivity index (χ3v) is 6.48. The van der Waals surface area contributed by atoms with E-state index in [0.717, 1.165) is 19.3 Å². The molecule has 4 aliphatic carbocycles. The topological polar surface area (TPSA) is 40.5 Å². The van der Waals surface area contributed by atoms with E-state index in [1.807, 2.05) is 0 Å². The molecular weight excluding hydrogens is 291 g/mol. The van der Waals surface area contributed by atoms with E-state index < -0.39 is 0 Å². The summed E-state index contributed by atoms with van der Waals surface area (Å²) in [5.41, 5.74) is 0. The highest BCUT2D eigenvalue weighted by atomic mass is 127. The summed E-state index contributed by atoms with van der Waals surface area (Å²) in [4.78, 5) is 0. The molecule has 0 spiro atoms. The van der Waals surface area contributed by atoms with Crippen LogP contribution in [0.3, 0.4) is 0 Å². The minimum absolute atomic E-state index is 0.0851. The number of hydrogen-bond acceptors (Lipinski definition) is 2. The zero-order valence-corrected chi connectivity index (χ0v) is 10.5. The third-order valence-electron chi connectivity index (χ3n) is 4.96. The van der Waals surface area contributed by atoms with Crippen LogP contribution < -0.4 is 0 Å². The van der Waals surface area contributed by atoms with E-state index in [-0.39, 0.29) is 15.6 Å². The van der Waals surface area contributed by atoms with Gasteiger partial charge in [-0.1, -0.05) is 29.5 Å². The van der Waals surface area contributed by atoms with Crippen molar-refractivity contribution in [1.82, 2.24) is 0 Å². The molecule has 4 bridgehead atoms. The van der Waals surface area contributed by atoms with Crippen molar-refractivity contribution in [2.45, 2.75) is 41.8 Å². The molecule has 7 unspecified atom stereocenters. The lowest BCUT2D eigenvalue weighted by molar-refractivity contribution is -0.161. The summed E-state index contributed by atoms with van der Waals surface area (Å²) in [6.45, 7) is 2.21. The van der Waals surface area contributed by atoms with Crippen molar-refractivity contribution in [3.8, 4) is 0 Å². The fourth-order valence-electron chi connectivity index (χ4n) is 4.15. The molecule has 0 aromatic rings. The Morgan fingerprint density at radius 2 is 1.93 bits per heavy atom. The predicted octanol–water partition coefficient (Wildman–Crippen LogP) is 1.58. The van der Waals surface area contributed by atoms with E-state index in [1.165, 1.54) is 0 Å². The summed E-state index contributed by atoms with van der Waals surface area (Å²) in [6, 6.07) is 0. The van der Waals surface area contributed by atoms with Crippen molar-refractivity contribution in [2.24, 2.45) is 23.7 Å². The highest BCUT2D eigenvalue weighted by Crippen LogP contribution is 2.61. The van der Waals surface area contributed by atoms with Crippen LogP contribution in [0.25, 0.3) is 0 Å². The van der Waals surface area contributed by atoms with E-state index in [4.69, 9.17) is 0 Å². The molecule has 0 radical (unpaired) electrons. The second kappa shape index (κ2) is 2.86. The minimum atomic E-state index is -0.127. The van der Waals surface area contributed by atoms with Crippen LogP contribution in [0.15, 0.2) is 0 Å². The second-order valence-corrected chi connectivity index (χ2v) is 7.71. The molecule has 80 valence electrons. The first-order valence-electron chi connectivity index (χ1n) is 5.58. The van der Waals surface area contributed by atoms with Gasteiger partial charge in [0.1, 0.15) is 0 Å². The third kappa shape index (κ3) is 1.04. The van der Waals surface area contributed by atoms with E-state index in [0.29, 0.717) is 23.7 Å². The molecule has 3 heteroatoms. The highest BCUT2D eigenvalue weighted by Gasteiger charge is 2.61. The molecule has 4 saturated carbocycles. The first-order valence-corrected chi connectivity index (χ1v) is 6.66. The normalized spacial score (nSPS) is 66.0. The van der Waals surface area contributed by atoms with E-state index in [9.17, 15) is 10.2 Å². The van der Waals surface area contributed by atoms with Gasteiger partial charge in [0.15, 0.2) is 0 Å². The average molecular weight is 308 g/mol. The molecule has 14 heavy (non-hydrogen) atoms. The number of rotatable bonds is 0. The minimum Gasteiger partial charge on any atom is -0.393 e. The van der Waals surface area contributed by atoms with Gasteiger partial charge in [-0.25, -0.2) is 0 Å². The van der Waals surface area contributed by atoms with Crippen LogP contribution in [0.2, 0.25) is 0 Å². The maximum absolute atomic E-state index is 10.3. The van der Waals surface area contributed by atoms with Gasteiger partial charge in [0, 0.05) is 3.42 Å². The maximum Gasteiger partial charge on any atom is 0.0716 e. The van der Waals surface area contributed by atoms with Crippen molar-refractivity contribution in [3.63, 3.8) is 0 Å². The quantitative estimate of drug-likeness (QED) is 0.527. The first kappa shape index (κ1) is 9.85. The molecule has 7 atom stereocenters. The van der Waals surface area contributed by atoms with Gasteiger partial charge in [0.25, 0.3) is 0 Å². The molecule has 0 aromatic heterocycles. The van der Waals surface area contributed by atoms with E-state index in [1.54, 1.807) is 0 Å². The molecule has 4 rings (SSSR count). The second-order valence-electron chi connectivity index (χ2n) is 5.56. The molecule has 2 nitrogen and oxygen atoms in total. The van der Waals surface area contributed by atoms with Crippen molar-refractivity contribution >= 4 is 22.6 Å². The van der Waals surface area contributed by atoms with Gasteiger partial charge in [-0.3, -0.25) is 0 Å². The van der Waals surface area contributed by atoms with Gasteiger partial charge in [-0.05, 0) is 42.9 Å². The number of halogens is 1. The molecule has 4 fully saturated rings. The Hall–Kier alpha value is 0.650. The van der Waals surface area contributed by atoms with Crippen LogP contribution in [-0.4, -0.2) is 25.8 Å². The largest absolute Gasteiger partial charge is 0.393 e. The van der Waals surface area contributed by atoms with Gasteiger partial charge >= 0.3 is 0 Å². The zero-order chi connectivity index (χ0) is 10.1. The first-order chi connectivity index (χ1) is 6.53. The van der Waals surface area contributed by atoms with E-state index in [2.05, 4.69) is 29.5 Å². The van der Waals surface area contributed by atoms with Gasteiger partial charge in [-0.15, -0.1) is 0 Å². The number of hydrogen-bond donors (Lipinski definition) is 2. The number of alkyl halides is 1. The standard InChI is InChI=1S/C11H17IO2/c1-5-7-2-6-3-11(12,10(7)14)4-8(5)9(6)13/h5-10,13-14H,2-4H2,1H3. The molecular formula is C11H17IO2. The molecule has 2 N–H and O–H groups in total. The lowest BCUT2D eigenvalue weighted by atomic mass is 9.50. The molecule has 0 amide bonds. The number of aliphatic hydroxyl groups is 2. The van der Waals surface area contributed by atoms with Crippen molar-refractivity contribution in [3.05, 3.63) is 0 Å². The summed E-state index contributed by atoms with van der Waals surface area (Å²) in [6.07, 6.45) is 2.87. The van der Waals surface area contributed by atoms with Crippen LogP contribution in [-0.2, 0) is 0 Å². The summed E-state index contributed by atoms with van der Waals surface area (Å²) < 4.78 is 0.0851. The van der Waals surface area contributed by atoms with Gasteiger partial charge in [-0.2, -0.15) is 0 Å². The highest BCUT2D eigenvalue weighted by molar-refractivity contribution is 14.1. The molecule has 0 aromatic carbocycles. The SMILES string of the molecule is CC1C2CC3(I)CC(CC1C3O)C2O. The predicted molar refractivity (Wildman–Crippen MR) is 62.2 cm³/mol. The van der Waals surface area contributed by atoms with Crippen molar-refractivity contribution in [1.29, 1.82) is 0 Å². The van der Waals surface area contributed by atoms with Crippen molar-refractivity contribution in [2.75, 3.05) is 0 Å². The van der Waals surface area contributed by atoms with Gasteiger partial charge < -0.3 is 10.2 Å². The zero-order valence-electron chi connectivity index (χ0n) is 8.36. The molecule has 0 aliphatic heterocycles. The summed E-state index contributed by atoms with van der Waals surface area (Å²) in [5.74, 6) is 1.88. The Bertz CT molecular complexity index is 268. The Morgan fingerprint density at radius 1 is 1.21 bits per heavy atom. The summed E-state index contributed by atoms with van der Waals surface area (Å²) >= 11 is 2.45. The van der Waals surface area contributed by atoms with Gasteiger partial charge in [0.05, 0.1) is 12.2 Å².